The van der Waals surface area contributed by atoms with Gasteiger partial charge < -0.3 is 4.74 Å². The minimum absolute atomic E-state index is 0.0655. The average Bonchev–Trinajstić information content (AvgIpc) is 2.33. The van der Waals surface area contributed by atoms with Gasteiger partial charge in [0, 0.05) is 16.7 Å². The number of pyridine rings is 1. The maximum atomic E-state index is 13.5. The van der Waals surface area contributed by atoms with Crippen LogP contribution in [0.15, 0.2) is 41.0 Å². The average molecular weight is 293 g/mol. The molecule has 2 rings (SSSR count). The van der Waals surface area contributed by atoms with Crippen LogP contribution >= 0.6 is 15.9 Å². The zero-order chi connectivity index (χ0) is 12.3. The lowest BCUT2D eigenvalue weighted by Crippen LogP contribution is -1.91. The number of hydrogen-bond acceptors (Lipinski definition) is 3. The quantitative estimate of drug-likeness (QED) is 0.849. The predicted octanol–water partition coefficient (Wildman–Crippen LogP) is 3.65. The highest BCUT2D eigenvalue weighted by atomic mass is 79.9. The van der Waals surface area contributed by atoms with E-state index in [0.29, 0.717) is 10.0 Å². The molecule has 0 fully saturated rings. The number of hydrogen-bond donors (Lipinski definition) is 0. The summed E-state index contributed by atoms with van der Waals surface area (Å²) in [6.45, 7) is 0. The highest BCUT2D eigenvalue weighted by Crippen LogP contribution is 2.25. The first-order valence-electron chi connectivity index (χ1n) is 4.68. The molecule has 0 atom stereocenters. The predicted molar refractivity (Wildman–Crippen MR) is 63.1 cm³/mol. The Morgan fingerprint density at radius 1 is 1.29 bits per heavy atom. The van der Waals surface area contributed by atoms with Crippen molar-refractivity contribution in [3.05, 3.63) is 52.4 Å². The Morgan fingerprint density at radius 2 is 2.12 bits per heavy atom. The molecule has 1 aromatic heterocycles. The fraction of sp³-hybridized carbons (Fsp3) is 0. The van der Waals surface area contributed by atoms with Crippen molar-refractivity contribution in [2.75, 3.05) is 0 Å². The van der Waals surface area contributed by atoms with E-state index in [-0.39, 0.29) is 11.6 Å². The maximum absolute atomic E-state index is 13.5. The van der Waals surface area contributed by atoms with Gasteiger partial charge in [-0.05, 0) is 24.3 Å². The molecule has 0 saturated heterocycles. The summed E-state index contributed by atoms with van der Waals surface area (Å²) in [6.07, 6.45) is 1.44. The van der Waals surface area contributed by atoms with Crippen LogP contribution in [0.3, 0.4) is 0 Å². The molecule has 0 saturated carbocycles. The van der Waals surface area contributed by atoms with Crippen molar-refractivity contribution in [2.24, 2.45) is 0 Å². The minimum Gasteiger partial charge on any atom is -0.436 e. The topological polar surface area (TPSA) is 45.9 Å². The van der Waals surface area contributed by atoms with Crippen LogP contribution in [0.2, 0.25) is 0 Å². The largest absolute Gasteiger partial charge is 0.436 e. The number of aromatic nitrogens is 1. The second kappa shape index (κ2) is 4.93. The Kier molecular flexibility index (Phi) is 3.35. The van der Waals surface area contributed by atoms with Gasteiger partial charge in [0.25, 0.3) is 0 Å². The first kappa shape index (κ1) is 11.6. The summed E-state index contributed by atoms with van der Waals surface area (Å²) in [5.74, 6) is -0.246. The van der Waals surface area contributed by atoms with E-state index in [1.54, 1.807) is 12.1 Å². The zero-order valence-electron chi connectivity index (χ0n) is 8.52. The van der Waals surface area contributed by atoms with E-state index in [1.807, 2.05) is 6.07 Å². The smallest absolute Gasteiger partial charge is 0.220 e. The fourth-order valence-corrected chi connectivity index (χ4v) is 1.54. The van der Waals surface area contributed by atoms with Gasteiger partial charge in [0.05, 0.1) is 11.6 Å². The van der Waals surface area contributed by atoms with Crippen molar-refractivity contribution >= 4 is 15.9 Å². The van der Waals surface area contributed by atoms with E-state index in [9.17, 15) is 4.39 Å². The molecule has 0 amide bonds. The Morgan fingerprint density at radius 3 is 2.82 bits per heavy atom. The lowest BCUT2D eigenvalue weighted by Gasteiger charge is -2.05. The maximum Gasteiger partial charge on any atom is 0.220 e. The fourth-order valence-electron chi connectivity index (χ4n) is 1.21. The normalized spacial score (nSPS) is 9.71. The van der Waals surface area contributed by atoms with Crippen LogP contribution in [0.4, 0.5) is 4.39 Å². The third-order valence-electron chi connectivity index (χ3n) is 1.97. The Labute approximate surface area is 106 Å². The number of benzene rings is 1. The van der Waals surface area contributed by atoms with Crippen molar-refractivity contribution in [3.63, 3.8) is 0 Å². The van der Waals surface area contributed by atoms with E-state index >= 15 is 0 Å². The van der Waals surface area contributed by atoms with Crippen LogP contribution in [-0.2, 0) is 0 Å². The summed E-state index contributed by atoms with van der Waals surface area (Å²) < 4.78 is 19.3. The van der Waals surface area contributed by atoms with Gasteiger partial charge in [-0.15, -0.1) is 0 Å². The summed E-state index contributed by atoms with van der Waals surface area (Å²) in [7, 11) is 0. The number of ether oxygens (including phenoxy) is 1. The van der Waals surface area contributed by atoms with Gasteiger partial charge in [0.15, 0.2) is 11.6 Å². The Hall–Kier alpha value is -1.93. The van der Waals surface area contributed by atoms with Crippen molar-refractivity contribution < 1.29 is 9.13 Å². The van der Waals surface area contributed by atoms with Crippen molar-refractivity contribution in [2.45, 2.75) is 0 Å². The Balaban J connectivity index is 2.28. The van der Waals surface area contributed by atoms with Gasteiger partial charge in [-0.1, -0.05) is 15.9 Å². The van der Waals surface area contributed by atoms with Gasteiger partial charge >= 0.3 is 0 Å². The molecule has 84 valence electrons. The SMILES string of the molecule is N#Cc1ccnc(Oc2ccc(Br)cc2F)c1. The molecule has 1 aromatic carbocycles. The molecular formula is C12H6BrFN2O. The second-order valence-corrected chi connectivity index (χ2v) is 4.09. The lowest BCUT2D eigenvalue weighted by molar-refractivity contribution is 0.427. The van der Waals surface area contributed by atoms with E-state index in [2.05, 4.69) is 20.9 Å². The van der Waals surface area contributed by atoms with Gasteiger partial charge in [0.2, 0.25) is 5.88 Å². The molecule has 0 aliphatic rings. The van der Waals surface area contributed by atoms with Crippen LogP contribution in [0, 0.1) is 17.1 Å². The third-order valence-corrected chi connectivity index (χ3v) is 2.47. The van der Waals surface area contributed by atoms with Gasteiger partial charge in [0.1, 0.15) is 0 Å². The first-order chi connectivity index (χ1) is 8.19. The van der Waals surface area contributed by atoms with Crippen LogP contribution in [0.1, 0.15) is 5.56 Å². The van der Waals surface area contributed by atoms with Crippen LogP contribution in [0.5, 0.6) is 11.6 Å². The number of nitrogens with zero attached hydrogens (tertiary/aromatic N) is 2. The van der Waals surface area contributed by atoms with Gasteiger partial charge in [-0.3, -0.25) is 0 Å². The molecule has 0 N–H and O–H groups in total. The van der Waals surface area contributed by atoms with Gasteiger partial charge in [-0.25, -0.2) is 9.37 Å². The monoisotopic (exact) mass is 292 g/mol. The molecule has 5 heteroatoms. The molecular weight excluding hydrogens is 287 g/mol. The Bertz CT molecular complexity index is 595. The molecule has 0 radical (unpaired) electrons. The first-order valence-corrected chi connectivity index (χ1v) is 5.47. The van der Waals surface area contributed by atoms with Crippen LogP contribution < -0.4 is 4.74 Å². The molecule has 3 nitrogen and oxygen atoms in total. The molecule has 0 unspecified atom stereocenters. The van der Waals surface area contributed by atoms with E-state index in [0.717, 1.165) is 0 Å². The summed E-state index contributed by atoms with van der Waals surface area (Å²) in [4.78, 5) is 3.89. The number of halogens is 2. The second-order valence-electron chi connectivity index (χ2n) is 3.17. The lowest BCUT2D eigenvalue weighted by atomic mass is 10.3. The number of nitriles is 1. The van der Waals surface area contributed by atoms with Crippen LogP contribution in [-0.4, -0.2) is 4.98 Å². The summed E-state index contributed by atoms with van der Waals surface area (Å²) in [5, 5.41) is 8.71. The molecule has 1 heterocycles. The molecule has 17 heavy (non-hydrogen) atoms. The third kappa shape index (κ3) is 2.80. The minimum atomic E-state index is -0.497. The highest BCUT2D eigenvalue weighted by molar-refractivity contribution is 9.10. The van der Waals surface area contributed by atoms with E-state index < -0.39 is 5.82 Å². The van der Waals surface area contributed by atoms with E-state index in [1.165, 1.54) is 24.4 Å². The van der Waals surface area contributed by atoms with E-state index in [4.69, 9.17) is 10.00 Å². The standard InChI is InChI=1S/C12H6BrFN2O/c13-9-1-2-11(10(14)6-9)17-12-5-8(7-15)3-4-16-12/h1-6H. The zero-order valence-corrected chi connectivity index (χ0v) is 10.1. The van der Waals surface area contributed by atoms with Crippen LogP contribution in [0.25, 0.3) is 0 Å². The molecule has 2 aromatic rings. The van der Waals surface area contributed by atoms with Crippen molar-refractivity contribution in [1.29, 1.82) is 5.26 Å². The molecule has 0 bridgehead atoms. The summed E-state index contributed by atoms with van der Waals surface area (Å²) in [6, 6.07) is 9.39. The van der Waals surface area contributed by atoms with Crippen molar-refractivity contribution in [3.8, 4) is 17.7 Å². The summed E-state index contributed by atoms with van der Waals surface area (Å²) in [5.41, 5.74) is 0.410. The highest BCUT2D eigenvalue weighted by Gasteiger charge is 2.06. The molecule has 0 aliphatic carbocycles. The molecule has 0 aliphatic heterocycles. The van der Waals surface area contributed by atoms with Gasteiger partial charge in [-0.2, -0.15) is 5.26 Å². The summed E-state index contributed by atoms with van der Waals surface area (Å²) >= 11 is 3.15. The van der Waals surface area contributed by atoms with Crippen molar-refractivity contribution in [1.82, 2.24) is 4.98 Å². The molecule has 0 spiro atoms. The number of rotatable bonds is 2.